The Morgan fingerprint density at radius 1 is 1.54 bits per heavy atom. The third-order valence-electron chi connectivity index (χ3n) is 1.73. The van der Waals surface area contributed by atoms with Gasteiger partial charge in [0.25, 0.3) is 0 Å². The minimum atomic E-state index is -0.0527. The lowest BCUT2D eigenvalue weighted by atomic mass is 10.2. The molecule has 1 aliphatic heterocycles. The summed E-state index contributed by atoms with van der Waals surface area (Å²) < 4.78 is 10.7. The van der Waals surface area contributed by atoms with Crippen LogP contribution in [-0.4, -0.2) is 19.5 Å². The summed E-state index contributed by atoms with van der Waals surface area (Å²) in [6, 6.07) is 0. The fourth-order valence-electron chi connectivity index (χ4n) is 1.11. The van der Waals surface area contributed by atoms with E-state index in [1.54, 1.807) is 6.08 Å². The predicted molar refractivity (Wildman–Crippen MR) is 52.3 cm³/mol. The third-order valence-corrected chi connectivity index (χ3v) is 1.85. The maximum Gasteiger partial charge on any atom is 0.158 e. The van der Waals surface area contributed by atoms with Gasteiger partial charge in [0.2, 0.25) is 0 Å². The molecule has 1 unspecified atom stereocenters. The minimum absolute atomic E-state index is 0.0527. The van der Waals surface area contributed by atoms with E-state index in [-0.39, 0.29) is 6.29 Å². The Labute approximate surface area is 83.9 Å². The maximum atomic E-state index is 5.36. The maximum absolute atomic E-state index is 5.36. The lowest BCUT2D eigenvalue weighted by Gasteiger charge is -2.21. The van der Waals surface area contributed by atoms with Crippen LogP contribution < -0.4 is 0 Å². The zero-order chi connectivity index (χ0) is 9.36. The van der Waals surface area contributed by atoms with Crippen molar-refractivity contribution in [2.45, 2.75) is 25.6 Å². The van der Waals surface area contributed by atoms with Gasteiger partial charge in [-0.15, -0.1) is 0 Å². The van der Waals surface area contributed by atoms with Crippen LogP contribution in [-0.2, 0) is 9.47 Å². The van der Waals surface area contributed by atoms with Crippen molar-refractivity contribution in [1.29, 1.82) is 0 Å². The molecule has 1 atom stereocenters. The van der Waals surface area contributed by atoms with Crippen molar-refractivity contribution in [1.82, 2.24) is 0 Å². The predicted octanol–water partition coefficient (Wildman–Crippen LogP) is 2.29. The van der Waals surface area contributed by atoms with Crippen molar-refractivity contribution in [3.8, 4) is 11.8 Å². The highest BCUT2D eigenvalue weighted by Crippen LogP contribution is 2.12. The Balaban J connectivity index is 2.08. The van der Waals surface area contributed by atoms with Gasteiger partial charge in [-0.05, 0) is 25.3 Å². The first-order chi connectivity index (χ1) is 6.43. The molecule has 1 aliphatic rings. The molecule has 2 nitrogen and oxygen atoms in total. The second kappa shape index (κ2) is 6.97. The van der Waals surface area contributed by atoms with Crippen LogP contribution >= 0.6 is 11.6 Å². The molecule has 0 spiro atoms. The van der Waals surface area contributed by atoms with Crippen LogP contribution in [0.2, 0.25) is 0 Å². The average Bonchev–Trinajstić information content (AvgIpc) is 2.19. The van der Waals surface area contributed by atoms with Gasteiger partial charge in [0.1, 0.15) is 6.61 Å². The van der Waals surface area contributed by atoms with E-state index in [1.165, 1.54) is 12.0 Å². The molecule has 0 bridgehead atoms. The molecule has 1 fully saturated rings. The van der Waals surface area contributed by atoms with Gasteiger partial charge in [-0.1, -0.05) is 23.4 Å². The normalized spacial score (nSPS) is 22.7. The molecule has 0 aromatic carbocycles. The summed E-state index contributed by atoms with van der Waals surface area (Å²) in [5.74, 6) is 5.54. The number of halogens is 1. The molecule has 0 radical (unpaired) electrons. The van der Waals surface area contributed by atoms with E-state index in [2.05, 4.69) is 11.8 Å². The molecule has 1 saturated heterocycles. The number of ether oxygens (including phenoxy) is 2. The Morgan fingerprint density at radius 2 is 2.46 bits per heavy atom. The van der Waals surface area contributed by atoms with Crippen molar-refractivity contribution < 1.29 is 9.47 Å². The number of allylic oxidation sites excluding steroid dienone is 1. The molecule has 0 N–H and O–H groups in total. The zero-order valence-electron chi connectivity index (χ0n) is 7.46. The average molecular weight is 201 g/mol. The molecule has 1 heterocycles. The van der Waals surface area contributed by atoms with Crippen LogP contribution in [0.15, 0.2) is 11.6 Å². The van der Waals surface area contributed by atoms with Gasteiger partial charge in [-0.2, -0.15) is 0 Å². The summed E-state index contributed by atoms with van der Waals surface area (Å²) in [5.41, 5.74) is 1.38. The van der Waals surface area contributed by atoms with Crippen LogP contribution in [0, 0.1) is 11.8 Å². The van der Waals surface area contributed by atoms with Crippen molar-refractivity contribution >= 4 is 11.6 Å². The van der Waals surface area contributed by atoms with E-state index in [1.807, 2.05) is 0 Å². The summed E-state index contributed by atoms with van der Waals surface area (Å²) in [6.45, 7) is 1.21. The Kier molecular flexibility index (Phi) is 5.67. The lowest BCUT2D eigenvalue weighted by molar-refractivity contribution is -0.154. The molecule has 1 rings (SSSR count). The van der Waals surface area contributed by atoms with E-state index in [4.69, 9.17) is 21.1 Å². The fourth-order valence-corrected chi connectivity index (χ4v) is 1.17. The van der Waals surface area contributed by atoms with Crippen LogP contribution in [0.4, 0.5) is 0 Å². The highest BCUT2D eigenvalue weighted by atomic mass is 35.5. The van der Waals surface area contributed by atoms with Crippen molar-refractivity contribution in [2.75, 3.05) is 13.2 Å². The Bertz CT molecular complexity index is 209. The largest absolute Gasteiger partial charge is 0.353 e. The second-order valence-electron chi connectivity index (χ2n) is 2.72. The van der Waals surface area contributed by atoms with Gasteiger partial charge in [0.05, 0.1) is 0 Å². The molecule has 0 amide bonds. The highest BCUT2D eigenvalue weighted by molar-refractivity contribution is 6.25. The number of hydrogen-bond donors (Lipinski definition) is 0. The summed E-state index contributed by atoms with van der Waals surface area (Å²) in [5, 5.41) is 0. The molecule has 13 heavy (non-hydrogen) atoms. The molecular weight excluding hydrogens is 188 g/mol. The third kappa shape index (κ3) is 4.94. The van der Waals surface area contributed by atoms with Gasteiger partial charge in [0, 0.05) is 12.1 Å². The smallest absolute Gasteiger partial charge is 0.158 e. The fraction of sp³-hybridized carbons (Fsp3) is 0.600. The lowest BCUT2D eigenvalue weighted by Crippen LogP contribution is -2.22. The van der Waals surface area contributed by atoms with E-state index in [0.717, 1.165) is 19.4 Å². The first kappa shape index (κ1) is 10.6. The van der Waals surface area contributed by atoms with Gasteiger partial charge in [-0.3, -0.25) is 0 Å². The van der Waals surface area contributed by atoms with Crippen molar-refractivity contribution in [3.05, 3.63) is 11.6 Å². The molecule has 3 heteroatoms. The monoisotopic (exact) mass is 200 g/mol. The van der Waals surface area contributed by atoms with Crippen LogP contribution in [0.25, 0.3) is 0 Å². The number of rotatable bonds is 2. The van der Waals surface area contributed by atoms with Crippen LogP contribution in [0.5, 0.6) is 0 Å². The minimum Gasteiger partial charge on any atom is -0.353 e. The Hall–Kier alpha value is -0.490. The van der Waals surface area contributed by atoms with E-state index in [9.17, 15) is 0 Å². The molecule has 72 valence electrons. The molecule has 0 saturated carbocycles. The Morgan fingerprint density at radius 3 is 3.15 bits per heavy atom. The van der Waals surface area contributed by atoms with Crippen molar-refractivity contribution in [3.63, 3.8) is 0 Å². The first-order valence-corrected chi connectivity index (χ1v) is 4.84. The van der Waals surface area contributed by atoms with E-state index < -0.39 is 0 Å². The highest BCUT2D eigenvalue weighted by Gasteiger charge is 2.12. The molecule has 0 aliphatic carbocycles. The summed E-state index contributed by atoms with van der Waals surface area (Å²) >= 11 is 5.28. The molecule has 0 aromatic rings. The SMILES string of the molecule is ClC=CC#CCOC1CCCCO1. The van der Waals surface area contributed by atoms with Gasteiger partial charge < -0.3 is 9.47 Å². The quantitative estimate of drug-likeness (QED) is 0.637. The van der Waals surface area contributed by atoms with Crippen LogP contribution in [0.1, 0.15) is 19.3 Å². The summed E-state index contributed by atoms with van der Waals surface area (Å²) in [7, 11) is 0. The van der Waals surface area contributed by atoms with E-state index in [0.29, 0.717) is 6.61 Å². The van der Waals surface area contributed by atoms with Gasteiger partial charge in [-0.25, -0.2) is 0 Å². The molecule has 0 aromatic heterocycles. The summed E-state index contributed by atoms with van der Waals surface area (Å²) in [6.07, 6.45) is 4.82. The van der Waals surface area contributed by atoms with Crippen LogP contribution in [0.3, 0.4) is 0 Å². The van der Waals surface area contributed by atoms with Gasteiger partial charge in [0.15, 0.2) is 6.29 Å². The number of hydrogen-bond acceptors (Lipinski definition) is 2. The van der Waals surface area contributed by atoms with Crippen molar-refractivity contribution in [2.24, 2.45) is 0 Å². The summed E-state index contributed by atoms with van der Waals surface area (Å²) in [4.78, 5) is 0. The standard InChI is InChI=1S/C10H13ClO2/c11-7-3-1-4-8-12-10-6-2-5-9-13-10/h3,7,10H,2,5-6,8-9H2. The van der Waals surface area contributed by atoms with E-state index >= 15 is 0 Å². The second-order valence-corrected chi connectivity index (χ2v) is 2.97. The topological polar surface area (TPSA) is 18.5 Å². The van der Waals surface area contributed by atoms with Gasteiger partial charge >= 0.3 is 0 Å². The first-order valence-electron chi connectivity index (χ1n) is 4.40. The zero-order valence-corrected chi connectivity index (χ0v) is 8.22. The molecular formula is C10H13ClO2.